The van der Waals surface area contributed by atoms with Crippen LogP contribution in [0, 0.1) is 12.7 Å². The van der Waals surface area contributed by atoms with Crippen molar-refractivity contribution in [2.24, 2.45) is 7.05 Å². The molecule has 0 unspecified atom stereocenters. The summed E-state index contributed by atoms with van der Waals surface area (Å²) < 4.78 is 15.1. The molecule has 0 spiro atoms. The van der Waals surface area contributed by atoms with Gasteiger partial charge < -0.3 is 15.3 Å². The van der Waals surface area contributed by atoms with Gasteiger partial charge in [-0.2, -0.15) is 5.10 Å². The molecule has 100 valence electrons. The average Bonchev–Trinajstić information content (AvgIpc) is 2.73. The second-order valence-corrected chi connectivity index (χ2v) is 4.10. The van der Waals surface area contributed by atoms with Crippen molar-refractivity contribution in [2.75, 3.05) is 0 Å². The van der Waals surface area contributed by atoms with E-state index in [0.717, 1.165) is 0 Å². The molecular weight excluding hydrogens is 255 g/mol. The Labute approximate surface area is 107 Å². The number of aryl methyl sites for hydroxylation is 2. The van der Waals surface area contributed by atoms with Crippen molar-refractivity contribution in [3.8, 4) is 22.8 Å². The zero-order chi connectivity index (χ0) is 14.3. The number of carbonyl (C=O) groups is 1. The number of carboxylic acid groups (broad SMARTS) is 1. The van der Waals surface area contributed by atoms with E-state index in [9.17, 15) is 19.4 Å². The monoisotopic (exact) mass is 266 g/mol. The van der Waals surface area contributed by atoms with Gasteiger partial charge in [0.2, 0.25) is 0 Å². The van der Waals surface area contributed by atoms with Gasteiger partial charge in [0.1, 0.15) is 0 Å². The number of phenolic OH excluding ortho intramolecular Hbond substituents is 2. The number of halogens is 1. The first kappa shape index (κ1) is 12.9. The van der Waals surface area contributed by atoms with Gasteiger partial charge in [-0.05, 0) is 24.6 Å². The van der Waals surface area contributed by atoms with E-state index in [0.29, 0.717) is 0 Å². The van der Waals surface area contributed by atoms with Crippen LogP contribution in [-0.4, -0.2) is 31.1 Å². The Kier molecular flexibility index (Phi) is 2.89. The van der Waals surface area contributed by atoms with Crippen LogP contribution < -0.4 is 0 Å². The Morgan fingerprint density at radius 1 is 1.32 bits per heavy atom. The topological polar surface area (TPSA) is 95.6 Å². The van der Waals surface area contributed by atoms with Gasteiger partial charge in [-0.3, -0.25) is 4.68 Å². The zero-order valence-corrected chi connectivity index (χ0v) is 10.2. The highest BCUT2D eigenvalue weighted by atomic mass is 19.1. The highest BCUT2D eigenvalue weighted by Gasteiger charge is 2.20. The van der Waals surface area contributed by atoms with Crippen molar-refractivity contribution in [2.45, 2.75) is 6.92 Å². The third-order valence-electron chi connectivity index (χ3n) is 2.78. The largest absolute Gasteiger partial charge is 0.504 e. The molecule has 0 atom stereocenters. The van der Waals surface area contributed by atoms with Crippen molar-refractivity contribution in [3.63, 3.8) is 0 Å². The van der Waals surface area contributed by atoms with Crippen LogP contribution in [0.25, 0.3) is 11.3 Å². The number of hydrogen-bond donors (Lipinski definition) is 3. The molecule has 0 aliphatic heterocycles. The average molecular weight is 266 g/mol. The number of aromatic carboxylic acids is 1. The number of nitrogens with zero attached hydrogens (tertiary/aromatic N) is 2. The van der Waals surface area contributed by atoms with Crippen molar-refractivity contribution < 1.29 is 24.5 Å². The van der Waals surface area contributed by atoms with Gasteiger partial charge in [-0.1, -0.05) is 0 Å². The second kappa shape index (κ2) is 4.27. The van der Waals surface area contributed by atoms with E-state index in [2.05, 4.69) is 5.10 Å². The number of benzene rings is 1. The van der Waals surface area contributed by atoms with Gasteiger partial charge in [0.15, 0.2) is 23.0 Å². The maximum absolute atomic E-state index is 13.9. The molecule has 6 nitrogen and oxygen atoms in total. The lowest BCUT2D eigenvalue weighted by molar-refractivity contribution is 0.0689. The van der Waals surface area contributed by atoms with Gasteiger partial charge >= 0.3 is 5.97 Å². The summed E-state index contributed by atoms with van der Waals surface area (Å²) in [5, 5.41) is 31.4. The summed E-state index contributed by atoms with van der Waals surface area (Å²) >= 11 is 0. The molecule has 3 N–H and O–H groups in total. The molecule has 2 rings (SSSR count). The number of phenols is 2. The van der Waals surface area contributed by atoms with E-state index in [4.69, 9.17) is 5.11 Å². The van der Waals surface area contributed by atoms with E-state index in [-0.39, 0.29) is 22.5 Å². The number of rotatable bonds is 2. The molecule has 0 fully saturated rings. The Balaban J connectivity index is 2.69. The molecule has 0 aliphatic rings. The first-order valence-electron chi connectivity index (χ1n) is 5.31. The van der Waals surface area contributed by atoms with Crippen LogP contribution in [0.3, 0.4) is 0 Å². The molecule has 0 aliphatic carbocycles. The van der Waals surface area contributed by atoms with E-state index in [1.54, 1.807) is 0 Å². The Bertz CT molecular complexity index is 679. The molecule has 0 saturated carbocycles. The van der Waals surface area contributed by atoms with E-state index in [1.165, 1.54) is 30.8 Å². The number of hydrogen-bond acceptors (Lipinski definition) is 4. The molecule has 19 heavy (non-hydrogen) atoms. The van der Waals surface area contributed by atoms with Crippen LogP contribution in [0.1, 0.15) is 16.1 Å². The molecule has 0 saturated heterocycles. The summed E-state index contributed by atoms with van der Waals surface area (Å²) in [6, 6.07) is 2.50. The van der Waals surface area contributed by atoms with Crippen molar-refractivity contribution in [3.05, 3.63) is 29.2 Å². The smallest absolute Gasteiger partial charge is 0.356 e. The third-order valence-corrected chi connectivity index (χ3v) is 2.78. The van der Waals surface area contributed by atoms with Gasteiger partial charge in [0.05, 0.1) is 5.69 Å². The molecule has 1 heterocycles. The maximum Gasteiger partial charge on any atom is 0.356 e. The highest BCUT2D eigenvalue weighted by Crippen LogP contribution is 2.37. The van der Waals surface area contributed by atoms with Gasteiger partial charge in [-0.15, -0.1) is 0 Å². The van der Waals surface area contributed by atoms with Crippen molar-refractivity contribution >= 4 is 5.97 Å². The highest BCUT2D eigenvalue weighted by molar-refractivity contribution is 5.87. The lowest BCUT2D eigenvalue weighted by Crippen LogP contribution is -1.99. The van der Waals surface area contributed by atoms with Crippen LogP contribution >= 0.6 is 0 Å². The first-order valence-corrected chi connectivity index (χ1v) is 5.31. The molecule has 1 aromatic heterocycles. The van der Waals surface area contributed by atoms with Crippen LogP contribution in [-0.2, 0) is 7.05 Å². The standard InChI is InChI=1S/C12H11FN2O4/c1-5-3-6(9(13)11(17)10(5)16)8-4-7(12(18)19)14-15(8)2/h3-4,16-17H,1-2H3,(H,18,19). The quantitative estimate of drug-likeness (QED) is 0.718. The summed E-state index contributed by atoms with van der Waals surface area (Å²) in [7, 11) is 1.46. The van der Waals surface area contributed by atoms with E-state index < -0.39 is 23.3 Å². The zero-order valence-electron chi connectivity index (χ0n) is 10.2. The van der Waals surface area contributed by atoms with Gasteiger partial charge in [-0.25, -0.2) is 9.18 Å². The van der Waals surface area contributed by atoms with Crippen molar-refractivity contribution in [1.29, 1.82) is 0 Å². The summed E-state index contributed by atoms with van der Waals surface area (Å²) in [5.41, 5.74) is 0.192. The number of carboxylic acids is 1. The molecule has 0 radical (unpaired) electrons. The van der Waals surface area contributed by atoms with Crippen LogP contribution in [0.15, 0.2) is 12.1 Å². The molecule has 2 aromatic rings. The van der Waals surface area contributed by atoms with Crippen LogP contribution in [0.5, 0.6) is 11.5 Å². The summed E-state index contributed by atoms with van der Waals surface area (Å²) in [5.74, 6) is -3.67. The number of aromatic hydroxyl groups is 2. The second-order valence-electron chi connectivity index (χ2n) is 4.10. The molecule has 1 aromatic carbocycles. The van der Waals surface area contributed by atoms with Crippen LogP contribution in [0.4, 0.5) is 4.39 Å². The van der Waals surface area contributed by atoms with E-state index in [1.807, 2.05) is 0 Å². The summed E-state index contributed by atoms with van der Waals surface area (Å²) in [6.07, 6.45) is 0. The fourth-order valence-electron chi connectivity index (χ4n) is 1.78. The van der Waals surface area contributed by atoms with Crippen LogP contribution in [0.2, 0.25) is 0 Å². The minimum absolute atomic E-state index is 0.0321. The summed E-state index contributed by atoms with van der Waals surface area (Å²) in [4.78, 5) is 10.8. The predicted molar refractivity (Wildman–Crippen MR) is 63.6 cm³/mol. The SMILES string of the molecule is Cc1cc(-c2cc(C(=O)O)nn2C)c(F)c(O)c1O. The van der Waals surface area contributed by atoms with Crippen molar-refractivity contribution in [1.82, 2.24) is 9.78 Å². The molecule has 0 bridgehead atoms. The van der Waals surface area contributed by atoms with Gasteiger partial charge in [0, 0.05) is 12.6 Å². The predicted octanol–water partition coefficient (Wildman–Crippen LogP) is 1.64. The minimum Gasteiger partial charge on any atom is -0.504 e. The minimum atomic E-state index is -1.23. The normalized spacial score (nSPS) is 10.7. The Morgan fingerprint density at radius 3 is 2.47 bits per heavy atom. The maximum atomic E-state index is 13.9. The molecule has 0 amide bonds. The molecule has 7 heteroatoms. The fourth-order valence-corrected chi connectivity index (χ4v) is 1.78. The molecular formula is C12H11FN2O4. The Hall–Kier alpha value is -2.57. The Morgan fingerprint density at radius 2 is 1.95 bits per heavy atom. The first-order chi connectivity index (χ1) is 8.82. The fraction of sp³-hybridized carbons (Fsp3) is 0.167. The summed E-state index contributed by atoms with van der Waals surface area (Å²) in [6.45, 7) is 1.49. The van der Waals surface area contributed by atoms with E-state index >= 15 is 0 Å². The lowest BCUT2D eigenvalue weighted by Gasteiger charge is -2.09. The number of aromatic nitrogens is 2. The van der Waals surface area contributed by atoms with Gasteiger partial charge in [0.25, 0.3) is 0 Å². The lowest BCUT2D eigenvalue weighted by atomic mass is 10.1. The third kappa shape index (κ3) is 1.99.